The first-order chi connectivity index (χ1) is 10.6. The largest absolute Gasteiger partial charge is 0.347 e. The number of anilines is 1. The minimum absolute atomic E-state index is 0.0317. The zero-order valence-corrected chi connectivity index (χ0v) is 11.8. The van der Waals surface area contributed by atoms with Gasteiger partial charge in [-0.05, 0) is 30.3 Å². The molecule has 1 aliphatic rings. The summed E-state index contributed by atoms with van der Waals surface area (Å²) in [6.07, 6.45) is 0.246. The van der Waals surface area contributed by atoms with Crippen LogP contribution in [0.25, 0.3) is 0 Å². The fraction of sp³-hybridized carbons (Fsp3) is 0.176. The van der Waals surface area contributed by atoms with E-state index in [4.69, 9.17) is 0 Å². The molecule has 0 aromatic heterocycles. The lowest BCUT2D eigenvalue weighted by Crippen LogP contribution is -2.37. The minimum atomic E-state index is -0.457. The Morgan fingerprint density at radius 1 is 1.14 bits per heavy atom. The molecule has 1 heterocycles. The van der Waals surface area contributed by atoms with Gasteiger partial charge in [-0.3, -0.25) is 9.59 Å². The lowest BCUT2D eigenvalue weighted by molar-refractivity contribution is -0.117. The van der Waals surface area contributed by atoms with Crippen molar-refractivity contribution in [3.63, 3.8) is 0 Å². The van der Waals surface area contributed by atoms with Gasteiger partial charge in [-0.1, -0.05) is 24.3 Å². The van der Waals surface area contributed by atoms with E-state index >= 15 is 0 Å². The second-order valence-corrected chi connectivity index (χ2v) is 5.22. The van der Waals surface area contributed by atoms with Gasteiger partial charge in [0.25, 0.3) is 5.91 Å². The monoisotopic (exact) mass is 298 g/mol. The van der Waals surface area contributed by atoms with Crippen LogP contribution in [0.1, 0.15) is 16.8 Å². The lowest BCUT2D eigenvalue weighted by atomic mass is 10.2. The van der Waals surface area contributed by atoms with Crippen LogP contribution in [0.15, 0.2) is 54.6 Å². The highest BCUT2D eigenvalue weighted by atomic mass is 19.1. The van der Waals surface area contributed by atoms with Crippen molar-refractivity contribution >= 4 is 17.5 Å². The van der Waals surface area contributed by atoms with Gasteiger partial charge < -0.3 is 10.2 Å². The summed E-state index contributed by atoms with van der Waals surface area (Å²) in [4.78, 5) is 25.8. The van der Waals surface area contributed by atoms with Crippen LogP contribution in [0.5, 0.6) is 0 Å². The molecule has 2 aromatic carbocycles. The summed E-state index contributed by atoms with van der Waals surface area (Å²) in [6.45, 7) is 0.421. The molecule has 22 heavy (non-hydrogen) atoms. The van der Waals surface area contributed by atoms with Gasteiger partial charge in [0.1, 0.15) is 5.82 Å². The number of halogens is 1. The van der Waals surface area contributed by atoms with Crippen molar-refractivity contribution in [3.8, 4) is 0 Å². The van der Waals surface area contributed by atoms with E-state index in [0.717, 1.165) is 5.69 Å². The van der Waals surface area contributed by atoms with E-state index in [9.17, 15) is 14.0 Å². The highest BCUT2D eigenvalue weighted by Crippen LogP contribution is 2.21. The van der Waals surface area contributed by atoms with Crippen LogP contribution in [-0.4, -0.2) is 24.4 Å². The summed E-state index contributed by atoms with van der Waals surface area (Å²) >= 11 is 0. The van der Waals surface area contributed by atoms with Gasteiger partial charge in [-0.2, -0.15) is 0 Å². The number of amides is 2. The van der Waals surface area contributed by atoms with Crippen molar-refractivity contribution in [3.05, 3.63) is 66.0 Å². The van der Waals surface area contributed by atoms with Crippen molar-refractivity contribution in [2.45, 2.75) is 12.5 Å². The van der Waals surface area contributed by atoms with Crippen LogP contribution in [0.3, 0.4) is 0 Å². The molecule has 112 valence electrons. The molecular formula is C17H15FN2O2. The molecule has 2 amide bonds. The summed E-state index contributed by atoms with van der Waals surface area (Å²) in [5.74, 6) is -0.857. The Labute approximate surface area is 127 Å². The standard InChI is InChI=1S/C17H15FN2O2/c18-13-6-4-5-12(9-13)17(22)19-14-10-16(21)20(11-14)15-7-2-1-3-8-15/h1-9,14H,10-11H2,(H,19,22). The number of benzene rings is 2. The maximum Gasteiger partial charge on any atom is 0.251 e. The molecule has 1 N–H and O–H groups in total. The third kappa shape index (κ3) is 2.98. The molecule has 2 aromatic rings. The maximum atomic E-state index is 13.1. The zero-order valence-electron chi connectivity index (χ0n) is 11.8. The molecule has 0 bridgehead atoms. The maximum absolute atomic E-state index is 13.1. The number of nitrogens with zero attached hydrogens (tertiary/aromatic N) is 1. The molecule has 0 saturated carbocycles. The average Bonchev–Trinajstić information content (AvgIpc) is 2.88. The Kier molecular flexibility index (Phi) is 3.87. The van der Waals surface area contributed by atoms with Crippen molar-refractivity contribution in [2.24, 2.45) is 0 Å². The number of carbonyl (C=O) groups is 2. The van der Waals surface area contributed by atoms with Crippen molar-refractivity contribution in [1.29, 1.82) is 0 Å². The normalized spacial score (nSPS) is 17.6. The minimum Gasteiger partial charge on any atom is -0.347 e. The first-order valence-corrected chi connectivity index (χ1v) is 7.05. The van der Waals surface area contributed by atoms with E-state index in [1.54, 1.807) is 11.0 Å². The van der Waals surface area contributed by atoms with E-state index in [1.807, 2.05) is 30.3 Å². The Bertz CT molecular complexity index is 703. The predicted octanol–water partition coefficient (Wildman–Crippen LogP) is 2.36. The van der Waals surface area contributed by atoms with Crippen molar-refractivity contribution in [1.82, 2.24) is 5.32 Å². The van der Waals surface area contributed by atoms with Crippen molar-refractivity contribution in [2.75, 3.05) is 11.4 Å². The molecule has 1 aliphatic heterocycles. The van der Waals surface area contributed by atoms with Crippen molar-refractivity contribution < 1.29 is 14.0 Å². The number of nitrogens with one attached hydrogen (secondary N) is 1. The molecule has 1 saturated heterocycles. The average molecular weight is 298 g/mol. The first-order valence-electron chi connectivity index (χ1n) is 7.05. The summed E-state index contributed by atoms with van der Waals surface area (Å²) in [7, 11) is 0. The molecule has 0 radical (unpaired) electrons. The van der Waals surface area contributed by atoms with E-state index < -0.39 is 5.82 Å². The van der Waals surface area contributed by atoms with Crippen LogP contribution >= 0.6 is 0 Å². The fourth-order valence-electron chi connectivity index (χ4n) is 2.56. The fourth-order valence-corrected chi connectivity index (χ4v) is 2.56. The van der Waals surface area contributed by atoms with Crippen LogP contribution in [0.2, 0.25) is 0 Å². The van der Waals surface area contributed by atoms with Crippen LogP contribution in [-0.2, 0) is 4.79 Å². The topological polar surface area (TPSA) is 49.4 Å². The Balaban J connectivity index is 1.68. The number of hydrogen-bond donors (Lipinski definition) is 1. The number of carbonyl (C=O) groups excluding carboxylic acids is 2. The SMILES string of the molecule is O=C(NC1CC(=O)N(c2ccccc2)C1)c1cccc(F)c1. The molecule has 5 heteroatoms. The molecule has 1 unspecified atom stereocenters. The first kappa shape index (κ1) is 14.3. The summed E-state index contributed by atoms with van der Waals surface area (Å²) in [6, 6.07) is 14.5. The van der Waals surface area contributed by atoms with Gasteiger partial charge in [-0.15, -0.1) is 0 Å². The Morgan fingerprint density at radius 2 is 1.91 bits per heavy atom. The highest BCUT2D eigenvalue weighted by Gasteiger charge is 2.31. The molecular weight excluding hydrogens is 283 g/mol. The van der Waals surface area contributed by atoms with Crippen LogP contribution in [0.4, 0.5) is 10.1 Å². The van der Waals surface area contributed by atoms with Gasteiger partial charge in [0.05, 0.1) is 6.04 Å². The van der Waals surface area contributed by atoms with Gasteiger partial charge in [0.15, 0.2) is 0 Å². The third-order valence-electron chi connectivity index (χ3n) is 3.61. The second-order valence-electron chi connectivity index (χ2n) is 5.22. The number of rotatable bonds is 3. The van der Waals surface area contributed by atoms with Crippen LogP contribution in [0, 0.1) is 5.82 Å². The molecule has 0 aliphatic carbocycles. The Morgan fingerprint density at radius 3 is 2.64 bits per heavy atom. The molecule has 1 atom stereocenters. The van der Waals surface area contributed by atoms with Gasteiger partial charge in [-0.25, -0.2) is 4.39 Å². The van der Waals surface area contributed by atoms with E-state index in [-0.39, 0.29) is 29.8 Å². The quantitative estimate of drug-likeness (QED) is 0.945. The smallest absolute Gasteiger partial charge is 0.251 e. The van der Waals surface area contributed by atoms with Gasteiger partial charge in [0, 0.05) is 24.2 Å². The van der Waals surface area contributed by atoms with Gasteiger partial charge >= 0.3 is 0 Å². The number of para-hydroxylation sites is 1. The summed E-state index contributed by atoms with van der Waals surface area (Å²) in [5.41, 5.74) is 1.07. The molecule has 0 spiro atoms. The highest BCUT2D eigenvalue weighted by molar-refractivity contribution is 5.98. The van der Waals surface area contributed by atoms with E-state index in [1.165, 1.54) is 18.2 Å². The molecule has 4 nitrogen and oxygen atoms in total. The summed E-state index contributed by atoms with van der Waals surface area (Å²) in [5, 5.41) is 2.78. The van der Waals surface area contributed by atoms with E-state index in [0.29, 0.717) is 6.54 Å². The Hall–Kier alpha value is -2.69. The second kappa shape index (κ2) is 5.97. The number of hydrogen-bond acceptors (Lipinski definition) is 2. The lowest BCUT2D eigenvalue weighted by Gasteiger charge is -2.17. The van der Waals surface area contributed by atoms with Gasteiger partial charge in [0.2, 0.25) is 5.91 Å². The molecule has 3 rings (SSSR count). The molecule has 1 fully saturated rings. The zero-order chi connectivity index (χ0) is 15.5. The van der Waals surface area contributed by atoms with Crippen LogP contribution < -0.4 is 10.2 Å². The summed E-state index contributed by atoms with van der Waals surface area (Å²) < 4.78 is 13.1. The predicted molar refractivity (Wildman–Crippen MR) is 81.1 cm³/mol. The van der Waals surface area contributed by atoms with E-state index in [2.05, 4.69) is 5.32 Å². The third-order valence-corrected chi connectivity index (χ3v) is 3.61.